The quantitative estimate of drug-likeness (QED) is 0.0393. The van der Waals surface area contributed by atoms with Gasteiger partial charge in [0.05, 0.1) is 38.6 Å². The van der Waals surface area contributed by atoms with Crippen molar-refractivity contribution in [1.29, 1.82) is 0 Å². The van der Waals surface area contributed by atoms with Gasteiger partial charge in [-0.05, 0) is 197 Å². The summed E-state index contributed by atoms with van der Waals surface area (Å²) in [6.45, 7) is 37.0. The van der Waals surface area contributed by atoms with E-state index in [0.717, 1.165) is 183 Å². The fourth-order valence-electron chi connectivity index (χ4n) is 7.48. The normalized spacial score (nSPS) is 13.5. The molecule has 24 heteroatoms. The Morgan fingerprint density at radius 1 is 0.227 bits per heavy atom. The Hall–Kier alpha value is -0.960. The van der Waals surface area contributed by atoms with Gasteiger partial charge in [0, 0.05) is 195 Å². The zero-order valence-electron chi connectivity index (χ0n) is 63.7. The van der Waals surface area contributed by atoms with Crippen molar-refractivity contribution in [1.82, 2.24) is 88.2 Å². The smallest absolute Gasteiger partial charge is 0.0639 e. The fraction of sp³-hybridized carbons (Fsp3) is 1.00. The summed E-state index contributed by atoms with van der Waals surface area (Å²) < 4.78 is 0. The molecule has 0 radical (unpaired) electrons. The van der Waals surface area contributed by atoms with Crippen LogP contribution in [0.25, 0.3) is 0 Å². The Labute approximate surface area is 547 Å². The lowest BCUT2D eigenvalue weighted by Crippen LogP contribution is -2.43. The SMILES string of the molecule is CC(CO)N(C)CCN(C)CCN(C)C.CC(CO)N(CCN(C)C)CCN(C)C.CC(O)CN(C)CCN(C)CCN(C)C.CC(O)CN(CCN(C)C)CCN(C)C.CN(C)CCN(C)CCN(C)CCO.CN(C)CCN(CCO)CCN(C)C. The second-order valence-electron chi connectivity index (χ2n) is 27.1. The van der Waals surface area contributed by atoms with Crippen molar-refractivity contribution in [2.24, 2.45) is 0 Å². The average Bonchev–Trinajstić information content (AvgIpc) is 3.43. The minimum atomic E-state index is -0.241. The summed E-state index contributed by atoms with van der Waals surface area (Å²) in [7, 11) is 50.0. The summed E-state index contributed by atoms with van der Waals surface area (Å²) in [4.78, 5) is 40.0. The fourth-order valence-corrected chi connectivity index (χ4v) is 7.48. The van der Waals surface area contributed by atoms with Crippen LogP contribution in [0.2, 0.25) is 0 Å². The molecule has 0 aromatic rings. The van der Waals surface area contributed by atoms with Crippen LogP contribution in [0.5, 0.6) is 0 Å². The summed E-state index contributed by atoms with van der Waals surface area (Å²) in [5, 5.41) is 54.4. The number of aliphatic hydroxyl groups is 6. The van der Waals surface area contributed by atoms with Crippen LogP contribution in [0.3, 0.4) is 0 Å². The first kappa shape index (κ1) is 98.1. The largest absolute Gasteiger partial charge is 0.395 e. The van der Waals surface area contributed by atoms with Crippen LogP contribution in [-0.4, -0.2) is 522 Å². The molecular formula is C64H158N18O6. The Kier molecular flexibility index (Phi) is 73.7. The Morgan fingerprint density at radius 2 is 0.466 bits per heavy atom. The molecule has 0 spiro atoms. The number of hydrogen-bond acceptors (Lipinski definition) is 24. The van der Waals surface area contributed by atoms with E-state index < -0.39 is 0 Å². The van der Waals surface area contributed by atoms with Crippen molar-refractivity contribution >= 4 is 0 Å². The predicted molar refractivity (Wildman–Crippen MR) is 382 cm³/mol. The van der Waals surface area contributed by atoms with E-state index in [9.17, 15) is 10.2 Å². The number of rotatable bonds is 48. The molecule has 0 rings (SSSR count). The number of likely N-dealkylation sites (N-methyl/N-ethyl adjacent to an activating group) is 15. The molecule has 0 bridgehead atoms. The van der Waals surface area contributed by atoms with Crippen molar-refractivity contribution in [2.45, 2.75) is 52.0 Å². The molecule has 0 aliphatic rings. The molecule has 0 aliphatic carbocycles. The van der Waals surface area contributed by atoms with E-state index in [1.165, 1.54) is 0 Å². The maximum atomic E-state index is 9.38. The molecule has 540 valence electrons. The molecule has 0 aromatic carbocycles. The highest BCUT2D eigenvalue weighted by Crippen LogP contribution is 2.00. The third kappa shape index (κ3) is 83.1. The second kappa shape index (κ2) is 66.1. The van der Waals surface area contributed by atoms with Gasteiger partial charge < -0.3 is 104 Å². The van der Waals surface area contributed by atoms with Crippen molar-refractivity contribution < 1.29 is 30.6 Å². The molecule has 88 heavy (non-hydrogen) atoms. The van der Waals surface area contributed by atoms with E-state index in [1.54, 1.807) is 0 Å². The topological polar surface area (TPSA) is 180 Å². The molecule has 0 aliphatic heterocycles. The third-order valence-corrected chi connectivity index (χ3v) is 14.4. The molecular weight excluding hydrogens is 1120 g/mol. The van der Waals surface area contributed by atoms with Gasteiger partial charge in [-0.2, -0.15) is 0 Å². The van der Waals surface area contributed by atoms with Crippen LogP contribution < -0.4 is 0 Å². The van der Waals surface area contributed by atoms with Gasteiger partial charge >= 0.3 is 0 Å². The molecule has 0 aromatic heterocycles. The molecule has 0 fully saturated rings. The Morgan fingerprint density at radius 3 is 0.739 bits per heavy atom. The van der Waals surface area contributed by atoms with Gasteiger partial charge in [-0.15, -0.1) is 0 Å². The highest BCUT2D eigenvalue weighted by atomic mass is 16.3. The van der Waals surface area contributed by atoms with E-state index in [4.69, 9.17) is 20.4 Å². The minimum absolute atomic E-state index is 0.234. The lowest BCUT2D eigenvalue weighted by Gasteiger charge is -2.30. The van der Waals surface area contributed by atoms with Crippen LogP contribution >= 0.6 is 0 Å². The molecule has 4 unspecified atom stereocenters. The maximum absolute atomic E-state index is 9.38. The molecule has 0 saturated heterocycles. The van der Waals surface area contributed by atoms with Crippen molar-refractivity contribution in [3.8, 4) is 0 Å². The third-order valence-electron chi connectivity index (χ3n) is 14.4. The second-order valence-corrected chi connectivity index (χ2v) is 27.1. The van der Waals surface area contributed by atoms with Gasteiger partial charge in [-0.3, -0.25) is 14.7 Å². The van der Waals surface area contributed by atoms with E-state index >= 15 is 0 Å². The van der Waals surface area contributed by atoms with Gasteiger partial charge in [-0.1, -0.05) is 0 Å². The van der Waals surface area contributed by atoms with E-state index in [-0.39, 0.29) is 50.7 Å². The number of hydrogen-bond donors (Lipinski definition) is 6. The summed E-state index contributed by atoms with van der Waals surface area (Å²) >= 11 is 0. The molecule has 0 amide bonds. The highest BCUT2D eigenvalue weighted by molar-refractivity contribution is 4.70. The van der Waals surface area contributed by atoms with Crippen molar-refractivity contribution in [3.63, 3.8) is 0 Å². The predicted octanol–water partition coefficient (Wildman–Crippen LogP) is -2.02. The van der Waals surface area contributed by atoms with Crippen LogP contribution in [0.4, 0.5) is 0 Å². The number of aliphatic hydroxyl groups excluding tert-OH is 6. The average molecular weight is 1280 g/mol. The van der Waals surface area contributed by atoms with Gasteiger partial charge in [0.25, 0.3) is 0 Å². The summed E-state index contributed by atoms with van der Waals surface area (Å²) in [5.41, 5.74) is 0. The van der Waals surface area contributed by atoms with Gasteiger partial charge in [0.1, 0.15) is 0 Å². The van der Waals surface area contributed by atoms with E-state index in [1.807, 2.05) is 34.9 Å². The monoisotopic (exact) mass is 1280 g/mol. The first-order chi connectivity index (χ1) is 40.9. The van der Waals surface area contributed by atoms with Gasteiger partial charge in [0.2, 0.25) is 0 Å². The highest BCUT2D eigenvalue weighted by Gasteiger charge is 2.14. The van der Waals surface area contributed by atoms with Gasteiger partial charge in [0.15, 0.2) is 0 Å². The first-order valence-electron chi connectivity index (χ1n) is 32.8. The molecule has 4 atom stereocenters. The summed E-state index contributed by atoms with van der Waals surface area (Å²) in [5.74, 6) is 0. The minimum Gasteiger partial charge on any atom is -0.395 e. The first-order valence-corrected chi connectivity index (χ1v) is 32.8. The van der Waals surface area contributed by atoms with Crippen LogP contribution in [0.15, 0.2) is 0 Å². The zero-order chi connectivity index (χ0) is 69.3. The lowest BCUT2D eigenvalue weighted by molar-refractivity contribution is 0.116. The van der Waals surface area contributed by atoms with E-state index in [2.05, 4.69) is 250 Å². The molecule has 6 N–H and O–H groups in total. The standard InChI is InChI=1S/4C11H27N3O.2C10H25N3O/c1-11(10-15)14(8-6-12(2)3)9-7-13(4)5;1-11(15)10-14(8-6-12(2)3)9-7-13(4)5;1-11(10-15)14(5)9-8-13(4)7-6-12(2)3;1-11(15)10-14(5)9-8-13(4)7-6-12(2)3;1-11(2)5-7-13(9-10-14)8-6-12(3)4;1-11(2)5-6-12(3)7-8-13(4)9-10-14/h4*11,15H,6-10H2,1-5H3;2*14H,5-10H2,1-4H3. The summed E-state index contributed by atoms with van der Waals surface area (Å²) in [6, 6.07) is 0.511. The Balaban J connectivity index is -0.000000229. The van der Waals surface area contributed by atoms with E-state index in [0.29, 0.717) is 0 Å². The van der Waals surface area contributed by atoms with Crippen LogP contribution in [-0.2, 0) is 0 Å². The molecule has 0 heterocycles. The zero-order valence-corrected chi connectivity index (χ0v) is 63.7. The lowest BCUT2D eigenvalue weighted by atomic mass is 10.3. The van der Waals surface area contributed by atoms with Crippen molar-refractivity contribution in [3.05, 3.63) is 0 Å². The maximum Gasteiger partial charge on any atom is 0.0639 e. The molecule has 24 nitrogen and oxygen atoms in total. The van der Waals surface area contributed by atoms with Gasteiger partial charge in [-0.25, -0.2) is 0 Å². The van der Waals surface area contributed by atoms with Crippen molar-refractivity contribution in [2.75, 3.05) is 379 Å². The van der Waals surface area contributed by atoms with Crippen LogP contribution in [0.1, 0.15) is 27.7 Å². The molecule has 0 saturated carbocycles. The number of nitrogens with zero attached hydrogens (tertiary/aromatic N) is 18. The van der Waals surface area contributed by atoms with Crippen LogP contribution in [0, 0.1) is 0 Å². The summed E-state index contributed by atoms with van der Waals surface area (Å²) in [6.07, 6.45) is -0.476. The Bertz CT molecular complexity index is 1330.